The Bertz CT molecular complexity index is 2120. The van der Waals surface area contributed by atoms with Crippen LogP contribution >= 0.6 is 12.2 Å². The smallest absolute Gasteiger partial charge is 0.417 e. The van der Waals surface area contributed by atoms with E-state index in [1.807, 2.05) is 50.2 Å². The van der Waals surface area contributed by atoms with Crippen molar-refractivity contribution in [2.75, 3.05) is 59.8 Å². The molecule has 1 unspecified atom stereocenters. The number of nitrogens with zero attached hydrogens (tertiary/aromatic N) is 5. The van der Waals surface area contributed by atoms with Crippen molar-refractivity contribution in [2.45, 2.75) is 90.1 Å². The number of carbonyl (C=O) groups excluding carboxylic acids is 3. The number of benzene rings is 3. The molecule has 3 aliphatic rings. The van der Waals surface area contributed by atoms with Crippen LogP contribution in [0.25, 0.3) is 0 Å². The summed E-state index contributed by atoms with van der Waals surface area (Å²) in [5.41, 5.74) is 0.0956. The number of nitriles is 1. The predicted octanol–water partition coefficient (Wildman–Crippen LogP) is 6.72. The summed E-state index contributed by atoms with van der Waals surface area (Å²) in [6.45, 7) is 15.0. The minimum Gasteiger partial charge on any atom is -0.492 e. The van der Waals surface area contributed by atoms with Crippen molar-refractivity contribution in [2.24, 2.45) is 0 Å². The number of halogens is 3. The van der Waals surface area contributed by atoms with Gasteiger partial charge in [-0.15, -0.1) is 0 Å². The number of hydrogen-bond donors (Lipinski definition) is 3. The van der Waals surface area contributed by atoms with Gasteiger partial charge >= 0.3 is 6.18 Å². The molecule has 3 fully saturated rings. The largest absolute Gasteiger partial charge is 0.492 e. The number of hydrogen-bond acceptors (Lipinski definition) is 9. The van der Waals surface area contributed by atoms with Crippen LogP contribution in [0.5, 0.6) is 5.75 Å². The fraction of sp³-hybridized carbons (Fsp3) is 0.465. The lowest BCUT2D eigenvalue weighted by Gasteiger charge is -2.44. The molecule has 6 rings (SSSR count). The first-order valence-corrected chi connectivity index (χ1v) is 20.3. The third-order valence-corrected chi connectivity index (χ3v) is 11.5. The van der Waals surface area contributed by atoms with Crippen molar-refractivity contribution in [1.29, 1.82) is 5.26 Å². The highest BCUT2D eigenvalue weighted by Crippen LogP contribution is 2.41. The van der Waals surface area contributed by atoms with Gasteiger partial charge < -0.3 is 25.6 Å². The lowest BCUT2D eigenvalue weighted by molar-refractivity contribution is -0.137. The van der Waals surface area contributed by atoms with Crippen molar-refractivity contribution in [3.63, 3.8) is 0 Å². The number of rotatable bonds is 12. The zero-order chi connectivity index (χ0) is 42.8. The first-order chi connectivity index (χ1) is 27.9. The van der Waals surface area contributed by atoms with Crippen LogP contribution in [-0.4, -0.2) is 95.6 Å². The number of amides is 3. The van der Waals surface area contributed by atoms with E-state index in [4.69, 9.17) is 17.0 Å². The Morgan fingerprint density at radius 1 is 1.03 bits per heavy atom. The lowest BCUT2D eigenvalue weighted by Crippen LogP contribution is -2.58. The minimum atomic E-state index is -4.79. The van der Waals surface area contributed by atoms with E-state index < -0.39 is 28.7 Å². The molecule has 314 valence electrons. The summed E-state index contributed by atoms with van der Waals surface area (Å²) in [6.07, 6.45) is -3.55. The molecule has 16 heteroatoms. The third-order valence-electron chi connectivity index (χ3n) is 11.2. The molecular weight excluding hydrogens is 782 g/mol. The summed E-state index contributed by atoms with van der Waals surface area (Å²) in [6, 6.07) is 18.2. The van der Waals surface area contributed by atoms with Gasteiger partial charge in [0.2, 0.25) is 11.8 Å². The normalized spacial score (nSPS) is 21.4. The van der Waals surface area contributed by atoms with Crippen LogP contribution in [-0.2, 0) is 20.6 Å². The summed E-state index contributed by atoms with van der Waals surface area (Å²) in [5, 5.41) is 18.7. The Morgan fingerprint density at radius 2 is 1.73 bits per heavy atom. The molecule has 0 bridgehead atoms. The molecule has 59 heavy (non-hydrogen) atoms. The molecule has 3 aromatic carbocycles. The number of piperidine rings is 1. The van der Waals surface area contributed by atoms with Crippen molar-refractivity contribution >= 4 is 57.8 Å². The fourth-order valence-corrected chi connectivity index (χ4v) is 8.63. The monoisotopic (exact) mass is 832 g/mol. The predicted molar refractivity (Wildman–Crippen MR) is 226 cm³/mol. The quantitative estimate of drug-likeness (QED) is 0.169. The third kappa shape index (κ3) is 9.64. The number of anilines is 4. The molecule has 12 nitrogen and oxygen atoms in total. The van der Waals surface area contributed by atoms with Crippen molar-refractivity contribution < 1.29 is 32.3 Å². The molecule has 3 saturated heterocycles. The Balaban J connectivity index is 1.05. The SMILES string of the molecule is CC(C)c1cc(N2C(=S)N(c3ccc(C#N)c(C(F)(F)F)c3)C(=O)C2(C)C)ccc1OCCN1C[C@@H](C)N(CC(=O)Nc2cccc(NC3CCC(=O)NC3)c2)[C@@H](C)C1. The zero-order valence-electron chi connectivity index (χ0n) is 34.2. The van der Waals surface area contributed by atoms with E-state index in [0.29, 0.717) is 43.2 Å². The van der Waals surface area contributed by atoms with Crippen LogP contribution in [0.4, 0.5) is 35.9 Å². The number of ether oxygens (including phenoxy) is 1. The van der Waals surface area contributed by atoms with Gasteiger partial charge in [0.25, 0.3) is 5.91 Å². The molecule has 3 N–H and O–H groups in total. The van der Waals surface area contributed by atoms with E-state index in [1.54, 1.807) is 30.9 Å². The van der Waals surface area contributed by atoms with Gasteiger partial charge in [0.05, 0.1) is 29.4 Å². The van der Waals surface area contributed by atoms with Gasteiger partial charge in [-0.1, -0.05) is 19.9 Å². The Kier molecular flexibility index (Phi) is 12.9. The van der Waals surface area contributed by atoms with E-state index in [-0.39, 0.29) is 53.2 Å². The molecular formula is C43H51F3N8O4S. The molecule has 0 radical (unpaired) electrons. The lowest BCUT2D eigenvalue weighted by atomic mass is 9.98. The van der Waals surface area contributed by atoms with E-state index in [1.165, 1.54) is 6.07 Å². The topological polar surface area (TPSA) is 133 Å². The van der Waals surface area contributed by atoms with Gasteiger partial charge in [0, 0.05) is 67.8 Å². The van der Waals surface area contributed by atoms with Gasteiger partial charge in [0.15, 0.2) is 5.11 Å². The first kappa shape index (κ1) is 43.3. The maximum absolute atomic E-state index is 13.8. The Labute approximate surface area is 348 Å². The second-order valence-electron chi connectivity index (χ2n) is 16.3. The molecule has 3 atom stereocenters. The minimum absolute atomic E-state index is 0.0239. The highest BCUT2D eigenvalue weighted by Gasteiger charge is 2.51. The molecule has 0 spiro atoms. The summed E-state index contributed by atoms with van der Waals surface area (Å²) < 4.78 is 47.8. The second-order valence-corrected chi connectivity index (χ2v) is 16.7. The van der Waals surface area contributed by atoms with Crippen LogP contribution in [0.2, 0.25) is 0 Å². The Hall–Kier alpha value is -5.24. The highest BCUT2D eigenvalue weighted by atomic mass is 32.1. The summed E-state index contributed by atoms with van der Waals surface area (Å²) in [5.74, 6) is 0.183. The number of carbonyl (C=O) groups is 3. The molecule has 0 saturated carbocycles. The van der Waals surface area contributed by atoms with Crippen LogP contribution in [0, 0.1) is 11.3 Å². The average Bonchev–Trinajstić information content (AvgIpc) is 3.35. The summed E-state index contributed by atoms with van der Waals surface area (Å²) in [4.78, 5) is 45.8. The van der Waals surface area contributed by atoms with Gasteiger partial charge in [-0.25, -0.2) is 0 Å². The van der Waals surface area contributed by atoms with Crippen LogP contribution in [0.15, 0.2) is 60.7 Å². The first-order valence-electron chi connectivity index (χ1n) is 19.9. The van der Waals surface area contributed by atoms with E-state index >= 15 is 0 Å². The van der Waals surface area contributed by atoms with Crippen LogP contribution in [0.1, 0.15) is 77.0 Å². The van der Waals surface area contributed by atoms with Gasteiger partial charge in [-0.3, -0.25) is 29.1 Å². The van der Waals surface area contributed by atoms with Gasteiger partial charge in [0.1, 0.15) is 17.9 Å². The zero-order valence-corrected chi connectivity index (χ0v) is 35.0. The van der Waals surface area contributed by atoms with Gasteiger partial charge in [-0.2, -0.15) is 18.4 Å². The average molecular weight is 833 g/mol. The van der Waals surface area contributed by atoms with Crippen molar-refractivity contribution in [1.82, 2.24) is 15.1 Å². The molecule has 3 heterocycles. The van der Waals surface area contributed by atoms with Crippen molar-refractivity contribution in [3.8, 4) is 11.8 Å². The van der Waals surface area contributed by atoms with Gasteiger partial charge in [-0.05, 0) is 112 Å². The number of thiocarbonyl (C=S) groups is 1. The second kappa shape index (κ2) is 17.5. The molecule has 0 aliphatic carbocycles. The van der Waals surface area contributed by atoms with E-state index in [2.05, 4.69) is 39.6 Å². The fourth-order valence-electron chi connectivity index (χ4n) is 8.11. The number of piperazine rings is 1. The van der Waals surface area contributed by atoms with Crippen LogP contribution < -0.4 is 30.5 Å². The standard InChI is InChI=1S/C43H51F3N8O4S/c1-26(2)35-19-34(54-41(59)53(40(57)42(54,5)6)33-12-10-29(21-47)36(20-33)43(44,45)46)13-14-37(35)58-17-16-51-23-27(3)52(28(4)24-51)25-39(56)50-31-9-7-8-30(18-31)49-32-11-15-38(55)48-22-32/h7-10,12-14,18-20,26-28,32,49H,11,15-17,22-25H2,1-6H3,(H,48,55)(H,50,56)/t27-,28+,32?. The summed E-state index contributed by atoms with van der Waals surface area (Å²) >= 11 is 5.76. The maximum Gasteiger partial charge on any atom is 0.417 e. The van der Waals surface area contributed by atoms with E-state index in [0.717, 1.165) is 47.8 Å². The maximum atomic E-state index is 13.8. The highest BCUT2D eigenvalue weighted by molar-refractivity contribution is 7.81. The number of nitrogens with one attached hydrogen (secondary N) is 3. The molecule has 3 aliphatic heterocycles. The Morgan fingerprint density at radius 3 is 2.37 bits per heavy atom. The van der Waals surface area contributed by atoms with Crippen molar-refractivity contribution in [3.05, 3.63) is 77.4 Å². The van der Waals surface area contributed by atoms with E-state index in [9.17, 15) is 32.8 Å². The number of alkyl halides is 3. The van der Waals surface area contributed by atoms with Crippen LogP contribution in [0.3, 0.4) is 0 Å². The molecule has 3 aromatic rings. The molecule has 3 amide bonds. The molecule has 0 aromatic heterocycles. The summed E-state index contributed by atoms with van der Waals surface area (Å²) in [7, 11) is 0.